The van der Waals surface area contributed by atoms with Gasteiger partial charge in [-0.25, -0.2) is 9.59 Å². The molecular formula is C21H17N3O7. The average molecular weight is 423 g/mol. The van der Waals surface area contributed by atoms with Crippen LogP contribution in [0, 0.1) is 6.92 Å². The number of fused-ring (bicyclic) bond motifs is 2. The molecule has 0 aliphatic heterocycles. The quantitative estimate of drug-likeness (QED) is 0.442. The van der Waals surface area contributed by atoms with Crippen LogP contribution < -0.4 is 20.8 Å². The molecule has 0 aliphatic carbocycles. The number of pyridine rings is 1. The van der Waals surface area contributed by atoms with Crippen LogP contribution in [0.4, 0.5) is 0 Å². The number of aliphatic carboxylic acids is 1. The Hall–Kier alpha value is -4.34. The number of nitrogens with zero attached hydrogens (tertiary/aromatic N) is 2. The summed E-state index contributed by atoms with van der Waals surface area (Å²) in [4.78, 5) is 56.0. The van der Waals surface area contributed by atoms with Gasteiger partial charge in [-0.1, -0.05) is 10.8 Å². The van der Waals surface area contributed by atoms with Crippen LogP contribution in [-0.4, -0.2) is 44.7 Å². The third-order valence-corrected chi connectivity index (χ3v) is 4.89. The monoisotopic (exact) mass is 423 g/mol. The molecule has 31 heavy (non-hydrogen) atoms. The number of rotatable bonds is 6. The second-order valence-corrected chi connectivity index (χ2v) is 6.75. The first-order chi connectivity index (χ1) is 14.8. The molecule has 0 aliphatic rings. The molecule has 0 amide bonds. The lowest BCUT2D eigenvalue weighted by atomic mass is 10.0. The predicted molar refractivity (Wildman–Crippen MR) is 110 cm³/mol. The molecule has 10 heteroatoms. The standard InChI is InChI=1S/C21H17N3O7/c1-11-17(23-8-4-3-5-15(23)19(11)30-2)18(27)12-6-7-14-13(9-12)20(28)24(21(29)22-14)31-10-16(25)26/h3-9H,10H2,1-2H3,(H,22,29)(H,25,26). The number of carboxylic acid groups (broad SMARTS) is 1. The van der Waals surface area contributed by atoms with Gasteiger partial charge in [0.05, 0.1) is 23.5 Å². The maximum Gasteiger partial charge on any atom is 0.362 e. The summed E-state index contributed by atoms with van der Waals surface area (Å²) in [5, 5.41) is 8.74. The lowest BCUT2D eigenvalue weighted by Crippen LogP contribution is -2.41. The van der Waals surface area contributed by atoms with E-state index in [1.165, 1.54) is 25.3 Å². The van der Waals surface area contributed by atoms with Crippen LogP contribution in [0.3, 0.4) is 0 Å². The molecule has 0 radical (unpaired) electrons. The molecule has 0 saturated heterocycles. The zero-order chi connectivity index (χ0) is 22.3. The van der Waals surface area contributed by atoms with E-state index in [1.807, 2.05) is 12.1 Å². The smallest absolute Gasteiger partial charge is 0.362 e. The number of hydrogen-bond acceptors (Lipinski definition) is 6. The normalized spacial score (nSPS) is 11.0. The lowest BCUT2D eigenvalue weighted by molar-refractivity contribution is -0.142. The fourth-order valence-electron chi connectivity index (χ4n) is 3.55. The topological polar surface area (TPSA) is 132 Å². The molecule has 0 bridgehead atoms. The number of H-pyrrole nitrogens is 1. The van der Waals surface area contributed by atoms with Gasteiger partial charge >= 0.3 is 11.7 Å². The van der Waals surface area contributed by atoms with Crippen LogP contribution in [0.15, 0.2) is 52.2 Å². The first-order valence-corrected chi connectivity index (χ1v) is 9.16. The maximum atomic E-state index is 13.4. The number of aromatic nitrogens is 3. The molecule has 1 aromatic carbocycles. The number of nitrogens with one attached hydrogen (secondary N) is 1. The largest absolute Gasteiger partial charge is 0.494 e. The number of methoxy groups -OCH3 is 1. The first kappa shape index (κ1) is 20.0. The average Bonchev–Trinajstić information content (AvgIpc) is 3.03. The number of carboxylic acids is 1. The van der Waals surface area contributed by atoms with Crippen LogP contribution in [0.25, 0.3) is 16.4 Å². The van der Waals surface area contributed by atoms with Crippen molar-refractivity contribution in [1.82, 2.24) is 14.1 Å². The summed E-state index contributed by atoms with van der Waals surface area (Å²) >= 11 is 0. The Labute approximate surface area is 173 Å². The molecule has 158 valence electrons. The minimum absolute atomic E-state index is 0.00122. The van der Waals surface area contributed by atoms with Gasteiger partial charge in [-0.15, -0.1) is 0 Å². The van der Waals surface area contributed by atoms with Gasteiger partial charge in [0.15, 0.2) is 0 Å². The van der Waals surface area contributed by atoms with Gasteiger partial charge in [0, 0.05) is 17.3 Å². The number of aromatic amines is 1. The zero-order valence-electron chi connectivity index (χ0n) is 16.5. The molecular weight excluding hydrogens is 406 g/mol. The Morgan fingerprint density at radius 1 is 1.16 bits per heavy atom. The van der Waals surface area contributed by atoms with Crippen LogP contribution in [0.1, 0.15) is 21.6 Å². The van der Waals surface area contributed by atoms with Crippen molar-refractivity contribution < 1.29 is 24.3 Å². The van der Waals surface area contributed by atoms with E-state index < -0.39 is 23.8 Å². The zero-order valence-corrected chi connectivity index (χ0v) is 16.5. The Morgan fingerprint density at radius 3 is 2.65 bits per heavy atom. The fourth-order valence-corrected chi connectivity index (χ4v) is 3.55. The molecule has 2 N–H and O–H groups in total. The summed E-state index contributed by atoms with van der Waals surface area (Å²) in [6, 6.07) is 9.72. The lowest BCUT2D eigenvalue weighted by Gasteiger charge is -2.08. The Balaban J connectivity index is 1.88. The number of carbonyl (C=O) groups is 2. The van der Waals surface area contributed by atoms with Crippen molar-refractivity contribution in [2.24, 2.45) is 0 Å². The summed E-state index contributed by atoms with van der Waals surface area (Å²) in [6.07, 6.45) is 1.74. The van der Waals surface area contributed by atoms with Gasteiger partial charge in [-0.05, 0) is 37.3 Å². The first-order valence-electron chi connectivity index (χ1n) is 9.16. The summed E-state index contributed by atoms with van der Waals surface area (Å²) in [5.74, 6) is -1.13. The highest BCUT2D eigenvalue weighted by molar-refractivity contribution is 6.11. The summed E-state index contributed by atoms with van der Waals surface area (Å²) in [7, 11) is 1.52. The van der Waals surface area contributed by atoms with Gasteiger partial charge in [-0.2, -0.15) is 0 Å². The van der Waals surface area contributed by atoms with Gasteiger partial charge in [0.1, 0.15) is 11.4 Å². The molecule has 0 saturated carbocycles. The SMILES string of the molecule is COc1c(C)c(C(=O)c2ccc3[nH]c(=O)n(OCC(=O)O)c(=O)c3c2)n2ccccc12. The molecule has 3 aromatic heterocycles. The van der Waals surface area contributed by atoms with Crippen molar-refractivity contribution in [3.63, 3.8) is 0 Å². The number of benzene rings is 1. The molecule has 10 nitrogen and oxygen atoms in total. The van der Waals surface area contributed by atoms with Crippen molar-refractivity contribution in [3.8, 4) is 5.75 Å². The van der Waals surface area contributed by atoms with Gasteiger partial charge in [0.25, 0.3) is 5.56 Å². The number of carbonyl (C=O) groups excluding carboxylic acids is 1. The number of ether oxygens (including phenoxy) is 1. The molecule has 0 atom stereocenters. The summed E-state index contributed by atoms with van der Waals surface area (Å²) < 4.78 is 7.49. The Morgan fingerprint density at radius 2 is 1.94 bits per heavy atom. The maximum absolute atomic E-state index is 13.4. The van der Waals surface area contributed by atoms with E-state index in [0.29, 0.717) is 21.7 Å². The van der Waals surface area contributed by atoms with E-state index in [0.717, 1.165) is 5.52 Å². The molecule has 0 fully saturated rings. The highest BCUT2D eigenvalue weighted by Gasteiger charge is 2.23. The minimum atomic E-state index is -1.35. The van der Waals surface area contributed by atoms with Gasteiger partial charge in [0.2, 0.25) is 12.4 Å². The van der Waals surface area contributed by atoms with E-state index in [2.05, 4.69) is 4.98 Å². The van der Waals surface area contributed by atoms with Crippen LogP contribution in [-0.2, 0) is 4.79 Å². The van der Waals surface area contributed by atoms with E-state index in [-0.39, 0.29) is 22.2 Å². The fraction of sp³-hybridized carbons (Fsp3) is 0.143. The van der Waals surface area contributed by atoms with E-state index in [9.17, 15) is 19.2 Å². The number of ketones is 1. The molecule has 4 aromatic rings. The number of hydrogen-bond donors (Lipinski definition) is 2. The van der Waals surface area contributed by atoms with E-state index in [4.69, 9.17) is 14.7 Å². The van der Waals surface area contributed by atoms with Crippen molar-refractivity contribution >= 4 is 28.2 Å². The van der Waals surface area contributed by atoms with Gasteiger partial charge in [-0.3, -0.25) is 9.59 Å². The van der Waals surface area contributed by atoms with Crippen LogP contribution in [0.2, 0.25) is 0 Å². The van der Waals surface area contributed by atoms with Crippen molar-refractivity contribution in [2.45, 2.75) is 6.92 Å². The summed E-state index contributed by atoms with van der Waals surface area (Å²) in [6.45, 7) is 0.895. The highest BCUT2D eigenvalue weighted by atomic mass is 16.7. The Kier molecular flexibility index (Phi) is 4.82. The van der Waals surface area contributed by atoms with Crippen molar-refractivity contribution in [2.75, 3.05) is 13.7 Å². The van der Waals surface area contributed by atoms with Crippen molar-refractivity contribution in [1.29, 1.82) is 0 Å². The second kappa shape index (κ2) is 7.48. The third kappa shape index (κ3) is 3.23. The molecule has 0 unspecified atom stereocenters. The Bertz CT molecular complexity index is 1480. The van der Waals surface area contributed by atoms with Crippen molar-refractivity contribution in [3.05, 3.63) is 80.3 Å². The molecule has 3 heterocycles. The van der Waals surface area contributed by atoms with E-state index in [1.54, 1.807) is 23.6 Å². The molecule has 0 spiro atoms. The van der Waals surface area contributed by atoms with Crippen LogP contribution in [0.5, 0.6) is 5.75 Å². The summed E-state index contributed by atoms with van der Waals surface area (Å²) in [5.41, 5.74) is 0.341. The molecule has 4 rings (SSSR count). The third-order valence-electron chi connectivity index (χ3n) is 4.89. The predicted octanol–water partition coefficient (Wildman–Crippen LogP) is 1.00. The van der Waals surface area contributed by atoms with Crippen LogP contribution >= 0.6 is 0 Å². The minimum Gasteiger partial charge on any atom is -0.494 e. The highest BCUT2D eigenvalue weighted by Crippen LogP contribution is 2.31. The second-order valence-electron chi connectivity index (χ2n) is 6.75. The van der Waals surface area contributed by atoms with Gasteiger partial charge < -0.3 is 24.1 Å². The van der Waals surface area contributed by atoms with E-state index >= 15 is 0 Å².